The van der Waals surface area contributed by atoms with E-state index in [1.807, 2.05) is 26.0 Å². The van der Waals surface area contributed by atoms with Crippen LogP contribution < -0.4 is 16.4 Å². The number of nitrogens with two attached hydrogens (primary N) is 1. The molecule has 0 spiro atoms. The molecule has 2 rings (SSSR count). The molecule has 2 unspecified atom stereocenters. The number of urea groups is 1. The number of hydrogen-bond donors (Lipinski definition) is 3. The van der Waals surface area contributed by atoms with Crippen LogP contribution in [-0.2, 0) is 15.1 Å². The molecule has 0 radical (unpaired) electrons. The Hall–Kier alpha value is -2.12. The van der Waals surface area contributed by atoms with Crippen LogP contribution in [0.5, 0.6) is 0 Å². The average Bonchev–Trinajstić information content (AvgIpc) is 2.72. The van der Waals surface area contributed by atoms with Crippen molar-refractivity contribution in [1.82, 2.24) is 15.5 Å². The fourth-order valence-corrected chi connectivity index (χ4v) is 2.56. The number of halogens is 1. The number of carbonyl (C=O) groups is 3. The summed E-state index contributed by atoms with van der Waals surface area (Å²) in [6, 6.07) is 6.78. The number of imide groups is 1. The van der Waals surface area contributed by atoms with Crippen molar-refractivity contribution in [2.24, 2.45) is 5.73 Å². The van der Waals surface area contributed by atoms with E-state index in [1.165, 1.54) is 0 Å². The smallest absolute Gasteiger partial charge is 0.325 e. The van der Waals surface area contributed by atoms with Crippen molar-refractivity contribution < 1.29 is 14.4 Å². The highest BCUT2D eigenvalue weighted by Crippen LogP contribution is 2.28. The van der Waals surface area contributed by atoms with Crippen LogP contribution >= 0.6 is 12.4 Å². The molecule has 0 bridgehead atoms. The maximum absolute atomic E-state index is 12.7. The highest BCUT2D eigenvalue weighted by molar-refractivity contribution is 6.09. The first kappa shape index (κ1) is 20.9. The molecular formula is C17H25ClN4O3. The highest BCUT2D eigenvalue weighted by atomic mass is 35.5. The minimum atomic E-state index is -1.16. The molecule has 1 heterocycles. The minimum Gasteiger partial charge on any atom is -0.354 e. The van der Waals surface area contributed by atoms with E-state index < -0.39 is 17.5 Å². The number of benzene rings is 1. The molecule has 1 aromatic carbocycles. The Labute approximate surface area is 153 Å². The van der Waals surface area contributed by atoms with Crippen molar-refractivity contribution >= 4 is 30.3 Å². The molecule has 4 N–H and O–H groups in total. The van der Waals surface area contributed by atoms with Crippen LogP contribution in [0.15, 0.2) is 24.3 Å². The lowest BCUT2D eigenvalue weighted by molar-refractivity contribution is -0.134. The SMILES string of the molecule is Cc1ccc(C2(C)NC(=O)N(CC(=O)NCCC(C)N)C2=O)cc1.Cl. The molecule has 7 nitrogen and oxygen atoms in total. The normalized spacial score (nSPS) is 20.7. The molecule has 4 amide bonds. The zero-order chi connectivity index (χ0) is 17.9. The molecule has 2 atom stereocenters. The number of nitrogens with one attached hydrogen (secondary N) is 2. The number of amides is 4. The number of hydrogen-bond acceptors (Lipinski definition) is 4. The van der Waals surface area contributed by atoms with E-state index in [9.17, 15) is 14.4 Å². The van der Waals surface area contributed by atoms with Gasteiger partial charge in [0, 0.05) is 12.6 Å². The summed E-state index contributed by atoms with van der Waals surface area (Å²) in [6.45, 7) is 5.54. The van der Waals surface area contributed by atoms with Crippen molar-refractivity contribution in [3.8, 4) is 0 Å². The summed E-state index contributed by atoms with van der Waals surface area (Å²) in [5, 5.41) is 5.35. The molecule has 0 aliphatic carbocycles. The van der Waals surface area contributed by atoms with Crippen molar-refractivity contribution in [3.63, 3.8) is 0 Å². The van der Waals surface area contributed by atoms with Gasteiger partial charge < -0.3 is 16.4 Å². The molecule has 1 aliphatic rings. The van der Waals surface area contributed by atoms with Gasteiger partial charge in [-0.1, -0.05) is 29.8 Å². The van der Waals surface area contributed by atoms with Crippen molar-refractivity contribution in [2.45, 2.75) is 38.8 Å². The molecule has 0 aromatic heterocycles. The van der Waals surface area contributed by atoms with Crippen LogP contribution in [0.3, 0.4) is 0 Å². The van der Waals surface area contributed by atoms with Gasteiger partial charge >= 0.3 is 6.03 Å². The zero-order valence-corrected chi connectivity index (χ0v) is 15.5. The predicted octanol–water partition coefficient (Wildman–Crippen LogP) is 1.04. The first-order valence-electron chi connectivity index (χ1n) is 7.97. The second kappa shape index (κ2) is 8.31. The lowest BCUT2D eigenvalue weighted by Gasteiger charge is -2.22. The minimum absolute atomic E-state index is 0. The fourth-order valence-electron chi connectivity index (χ4n) is 2.56. The second-order valence-electron chi connectivity index (χ2n) is 6.43. The van der Waals surface area contributed by atoms with Gasteiger partial charge in [-0.3, -0.25) is 14.5 Å². The van der Waals surface area contributed by atoms with Gasteiger partial charge in [0.1, 0.15) is 12.1 Å². The van der Waals surface area contributed by atoms with Crippen LogP contribution in [0.4, 0.5) is 4.79 Å². The molecule has 1 aliphatic heterocycles. The Morgan fingerprint density at radius 1 is 1.32 bits per heavy atom. The van der Waals surface area contributed by atoms with Crippen LogP contribution in [0.25, 0.3) is 0 Å². The maximum Gasteiger partial charge on any atom is 0.325 e. The average molecular weight is 369 g/mol. The van der Waals surface area contributed by atoms with E-state index in [4.69, 9.17) is 5.73 Å². The van der Waals surface area contributed by atoms with Gasteiger partial charge in [0.05, 0.1) is 0 Å². The van der Waals surface area contributed by atoms with E-state index >= 15 is 0 Å². The van der Waals surface area contributed by atoms with Gasteiger partial charge in [0.25, 0.3) is 5.91 Å². The number of carbonyl (C=O) groups excluding carboxylic acids is 3. The number of aryl methyl sites for hydroxylation is 1. The summed E-state index contributed by atoms with van der Waals surface area (Å²) in [5.74, 6) is -0.814. The molecule has 138 valence electrons. The van der Waals surface area contributed by atoms with Gasteiger partial charge in [-0.2, -0.15) is 0 Å². The molecular weight excluding hydrogens is 344 g/mol. The van der Waals surface area contributed by atoms with Gasteiger partial charge in [-0.25, -0.2) is 4.79 Å². The zero-order valence-electron chi connectivity index (χ0n) is 14.7. The Bertz CT molecular complexity index is 648. The van der Waals surface area contributed by atoms with Crippen LogP contribution in [0.1, 0.15) is 31.4 Å². The molecule has 25 heavy (non-hydrogen) atoms. The summed E-state index contributed by atoms with van der Waals surface area (Å²) in [6.07, 6.45) is 0.632. The predicted molar refractivity (Wildman–Crippen MR) is 97.3 cm³/mol. The summed E-state index contributed by atoms with van der Waals surface area (Å²) < 4.78 is 0. The highest BCUT2D eigenvalue weighted by Gasteiger charge is 2.49. The fraction of sp³-hybridized carbons (Fsp3) is 0.471. The van der Waals surface area contributed by atoms with E-state index in [0.29, 0.717) is 18.5 Å². The van der Waals surface area contributed by atoms with E-state index in [2.05, 4.69) is 10.6 Å². The molecule has 1 aromatic rings. The monoisotopic (exact) mass is 368 g/mol. The summed E-state index contributed by atoms with van der Waals surface area (Å²) in [4.78, 5) is 37.7. The van der Waals surface area contributed by atoms with Crippen molar-refractivity contribution in [1.29, 1.82) is 0 Å². The second-order valence-corrected chi connectivity index (χ2v) is 6.43. The Morgan fingerprint density at radius 2 is 1.92 bits per heavy atom. The van der Waals surface area contributed by atoms with E-state index in [1.54, 1.807) is 19.1 Å². The van der Waals surface area contributed by atoms with Crippen LogP contribution in [0, 0.1) is 6.92 Å². The largest absolute Gasteiger partial charge is 0.354 e. The lowest BCUT2D eigenvalue weighted by atomic mass is 9.91. The van der Waals surface area contributed by atoms with Gasteiger partial charge in [0.15, 0.2) is 0 Å². The van der Waals surface area contributed by atoms with Crippen LogP contribution in [0.2, 0.25) is 0 Å². The number of rotatable bonds is 6. The third kappa shape index (κ3) is 4.70. The van der Waals surface area contributed by atoms with Crippen molar-refractivity contribution in [2.75, 3.05) is 13.1 Å². The first-order valence-corrected chi connectivity index (χ1v) is 7.97. The maximum atomic E-state index is 12.7. The van der Waals surface area contributed by atoms with Gasteiger partial charge in [-0.05, 0) is 32.8 Å². The van der Waals surface area contributed by atoms with E-state index in [0.717, 1.165) is 10.5 Å². The van der Waals surface area contributed by atoms with Gasteiger partial charge in [-0.15, -0.1) is 12.4 Å². The third-order valence-corrected chi connectivity index (χ3v) is 4.13. The Balaban J connectivity index is 0.00000312. The number of nitrogens with zero attached hydrogens (tertiary/aromatic N) is 1. The molecule has 1 saturated heterocycles. The molecule has 0 saturated carbocycles. The quantitative estimate of drug-likeness (QED) is 0.652. The Kier molecular flexibility index (Phi) is 6.96. The Morgan fingerprint density at radius 3 is 2.48 bits per heavy atom. The lowest BCUT2D eigenvalue weighted by Crippen LogP contribution is -2.43. The standard InChI is InChI=1S/C17H24N4O3.ClH/c1-11-4-6-13(7-5-11)17(3)15(23)21(16(24)20-17)10-14(22)19-9-8-12(2)18;/h4-7,12H,8-10,18H2,1-3H3,(H,19,22)(H,20,24);1H. The molecule has 1 fully saturated rings. The molecule has 8 heteroatoms. The van der Waals surface area contributed by atoms with Crippen LogP contribution in [-0.4, -0.2) is 41.9 Å². The third-order valence-electron chi connectivity index (χ3n) is 4.13. The summed E-state index contributed by atoms with van der Waals surface area (Å²) in [7, 11) is 0. The summed E-state index contributed by atoms with van der Waals surface area (Å²) in [5.41, 5.74) is 6.21. The van der Waals surface area contributed by atoms with Crippen molar-refractivity contribution in [3.05, 3.63) is 35.4 Å². The van der Waals surface area contributed by atoms with Gasteiger partial charge in [0.2, 0.25) is 5.91 Å². The van der Waals surface area contributed by atoms with E-state index in [-0.39, 0.29) is 30.9 Å². The topological polar surface area (TPSA) is 105 Å². The summed E-state index contributed by atoms with van der Waals surface area (Å²) >= 11 is 0. The first-order chi connectivity index (χ1) is 11.2.